The van der Waals surface area contributed by atoms with Crippen molar-refractivity contribution < 1.29 is 39.8 Å². The van der Waals surface area contributed by atoms with Crippen LogP contribution in [0.5, 0.6) is 0 Å². The highest BCUT2D eigenvalue weighted by Crippen LogP contribution is 2.23. The van der Waals surface area contributed by atoms with E-state index in [1.165, 1.54) is 193 Å². The maximum Gasteiger partial charge on any atom is 0.220 e. The SMILES string of the molecule is CCCCCCCC/C=C\CCCCCCCCCC(=O)NC(COC1OC(CO)C(O)C(O)C1O)C(O)CCCCCCCCCCCCCCCCCCCCCCC. The topological polar surface area (TPSA) is 149 Å². The highest BCUT2D eigenvalue weighted by molar-refractivity contribution is 5.76. The first-order valence-corrected chi connectivity index (χ1v) is 26.4. The number of amides is 1. The highest BCUT2D eigenvalue weighted by Gasteiger charge is 2.44. The molecule has 0 aromatic carbocycles. The lowest BCUT2D eigenvalue weighted by Gasteiger charge is -2.40. The van der Waals surface area contributed by atoms with Crippen molar-refractivity contribution in [3.8, 4) is 0 Å². The van der Waals surface area contributed by atoms with Crippen LogP contribution in [-0.2, 0) is 14.3 Å². The molecule has 6 N–H and O–H groups in total. The Bertz CT molecular complexity index is 966. The molecule has 1 rings (SSSR count). The van der Waals surface area contributed by atoms with E-state index in [1.807, 2.05) is 0 Å². The third-order valence-corrected chi connectivity index (χ3v) is 12.9. The molecule has 1 aliphatic rings. The maximum absolute atomic E-state index is 13.0. The van der Waals surface area contributed by atoms with E-state index in [0.717, 1.165) is 38.5 Å². The molecule has 9 nitrogen and oxygen atoms in total. The number of carbonyl (C=O) groups excluding carboxylic acids is 1. The molecule has 0 aromatic rings. The standard InChI is InChI=1S/C52H101NO8/c1-3-5-7-9-11-13-15-17-19-21-22-23-24-26-27-29-31-33-35-37-39-41-46(55)45(44-60-52-51(59)50(58)49(57)47(43-54)61-52)53-48(56)42-40-38-36-34-32-30-28-25-20-18-16-14-12-10-8-6-4-2/h18,20,45-47,49-52,54-55,57-59H,3-17,19,21-44H2,1-2H3,(H,53,56)/b20-18-. The second-order valence-corrected chi connectivity index (χ2v) is 18.7. The van der Waals surface area contributed by atoms with E-state index in [9.17, 15) is 30.3 Å². The lowest BCUT2D eigenvalue weighted by molar-refractivity contribution is -0.302. The fourth-order valence-corrected chi connectivity index (χ4v) is 8.63. The van der Waals surface area contributed by atoms with Gasteiger partial charge in [-0.2, -0.15) is 0 Å². The van der Waals surface area contributed by atoms with Gasteiger partial charge in [-0.15, -0.1) is 0 Å². The van der Waals surface area contributed by atoms with Crippen molar-refractivity contribution in [2.45, 2.75) is 301 Å². The number of ether oxygens (including phenoxy) is 2. The predicted molar refractivity (Wildman–Crippen MR) is 254 cm³/mol. The van der Waals surface area contributed by atoms with E-state index < -0.39 is 49.5 Å². The Balaban J connectivity index is 2.25. The van der Waals surface area contributed by atoms with Gasteiger partial charge in [0.1, 0.15) is 24.4 Å². The zero-order chi connectivity index (χ0) is 44.4. The number of aliphatic hydroxyl groups excluding tert-OH is 5. The number of unbranched alkanes of at least 4 members (excludes halogenated alkanes) is 33. The number of nitrogens with one attached hydrogen (secondary N) is 1. The van der Waals surface area contributed by atoms with Crippen LogP contribution in [0, 0.1) is 0 Å². The first-order valence-electron chi connectivity index (χ1n) is 26.4. The summed E-state index contributed by atoms with van der Waals surface area (Å²) in [6, 6.07) is -0.718. The van der Waals surface area contributed by atoms with Crippen LogP contribution in [0.4, 0.5) is 0 Å². The van der Waals surface area contributed by atoms with Crippen molar-refractivity contribution in [2.75, 3.05) is 13.2 Å². The molecule has 0 saturated carbocycles. The number of aliphatic hydroxyl groups is 5. The van der Waals surface area contributed by atoms with Gasteiger partial charge in [-0.3, -0.25) is 4.79 Å². The quantitative estimate of drug-likeness (QED) is 0.0262. The summed E-state index contributed by atoms with van der Waals surface area (Å²) < 4.78 is 11.3. The number of hydrogen-bond donors (Lipinski definition) is 6. The second kappa shape index (κ2) is 42.9. The minimum Gasteiger partial charge on any atom is -0.394 e. The summed E-state index contributed by atoms with van der Waals surface area (Å²) in [5.41, 5.74) is 0. The van der Waals surface area contributed by atoms with Gasteiger partial charge >= 0.3 is 0 Å². The van der Waals surface area contributed by atoms with Crippen LogP contribution < -0.4 is 5.32 Å². The van der Waals surface area contributed by atoms with Crippen molar-refractivity contribution in [3.63, 3.8) is 0 Å². The maximum atomic E-state index is 13.0. The van der Waals surface area contributed by atoms with Crippen LogP contribution in [-0.4, -0.2) is 87.5 Å². The van der Waals surface area contributed by atoms with Crippen LogP contribution in [0.15, 0.2) is 12.2 Å². The normalized spacial score (nSPS) is 20.4. The summed E-state index contributed by atoms with van der Waals surface area (Å²) in [7, 11) is 0. The van der Waals surface area contributed by atoms with Crippen molar-refractivity contribution in [1.82, 2.24) is 5.32 Å². The van der Waals surface area contributed by atoms with E-state index in [4.69, 9.17) is 9.47 Å². The van der Waals surface area contributed by atoms with Gasteiger partial charge in [0.15, 0.2) is 6.29 Å². The molecule has 1 amide bonds. The monoisotopic (exact) mass is 868 g/mol. The number of carbonyl (C=O) groups is 1. The highest BCUT2D eigenvalue weighted by atomic mass is 16.7. The van der Waals surface area contributed by atoms with Crippen molar-refractivity contribution in [1.29, 1.82) is 0 Å². The second-order valence-electron chi connectivity index (χ2n) is 18.7. The molecule has 1 heterocycles. The van der Waals surface area contributed by atoms with Crippen LogP contribution >= 0.6 is 0 Å². The molecule has 0 bridgehead atoms. The average molecular weight is 868 g/mol. The Morgan fingerprint density at radius 2 is 0.918 bits per heavy atom. The lowest BCUT2D eigenvalue weighted by Crippen LogP contribution is -2.60. The Kier molecular flexibility index (Phi) is 40.7. The van der Waals surface area contributed by atoms with E-state index >= 15 is 0 Å². The summed E-state index contributed by atoms with van der Waals surface area (Å²) in [5, 5.41) is 54.5. The molecule has 1 fully saturated rings. The predicted octanol–water partition coefficient (Wildman–Crippen LogP) is 12.1. The third-order valence-electron chi connectivity index (χ3n) is 12.9. The van der Waals surface area contributed by atoms with Gasteiger partial charge in [-0.1, -0.05) is 225 Å². The van der Waals surface area contributed by atoms with Gasteiger partial charge in [0.05, 0.1) is 25.4 Å². The summed E-state index contributed by atoms with van der Waals surface area (Å²) in [4.78, 5) is 13.0. The molecule has 9 heteroatoms. The summed E-state index contributed by atoms with van der Waals surface area (Å²) in [5.74, 6) is -0.145. The number of allylic oxidation sites excluding steroid dienone is 2. The Labute approximate surface area is 376 Å². The van der Waals surface area contributed by atoms with Gasteiger partial charge in [-0.05, 0) is 38.5 Å². The fraction of sp³-hybridized carbons (Fsp3) is 0.942. The molecule has 0 aliphatic carbocycles. The van der Waals surface area contributed by atoms with E-state index in [0.29, 0.717) is 12.8 Å². The van der Waals surface area contributed by atoms with E-state index in [-0.39, 0.29) is 12.5 Å². The molecule has 0 aromatic heterocycles. The molecule has 61 heavy (non-hydrogen) atoms. The smallest absolute Gasteiger partial charge is 0.220 e. The molecular weight excluding hydrogens is 767 g/mol. The van der Waals surface area contributed by atoms with Crippen LogP contribution in [0.2, 0.25) is 0 Å². The Morgan fingerprint density at radius 1 is 0.541 bits per heavy atom. The zero-order valence-electron chi connectivity index (χ0n) is 39.9. The number of rotatable bonds is 45. The summed E-state index contributed by atoms with van der Waals surface area (Å²) >= 11 is 0. The molecular formula is C52H101NO8. The van der Waals surface area contributed by atoms with Gasteiger partial charge in [0.2, 0.25) is 5.91 Å². The minimum atomic E-state index is -1.55. The lowest BCUT2D eigenvalue weighted by atomic mass is 9.99. The first-order chi connectivity index (χ1) is 29.8. The van der Waals surface area contributed by atoms with Gasteiger partial charge in [0.25, 0.3) is 0 Å². The van der Waals surface area contributed by atoms with E-state index in [2.05, 4.69) is 31.3 Å². The molecule has 7 atom stereocenters. The van der Waals surface area contributed by atoms with Crippen LogP contribution in [0.3, 0.4) is 0 Å². The molecule has 7 unspecified atom stereocenters. The van der Waals surface area contributed by atoms with E-state index in [1.54, 1.807) is 0 Å². The van der Waals surface area contributed by atoms with Crippen molar-refractivity contribution >= 4 is 5.91 Å². The minimum absolute atomic E-state index is 0.136. The fourth-order valence-electron chi connectivity index (χ4n) is 8.63. The van der Waals surface area contributed by atoms with Crippen molar-refractivity contribution in [2.24, 2.45) is 0 Å². The van der Waals surface area contributed by atoms with Crippen LogP contribution in [0.25, 0.3) is 0 Å². The summed E-state index contributed by atoms with van der Waals surface area (Å²) in [6.07, 6.45) is 43.6. The van der Waals surface area contributed by atoms with Gasteiger partial charge in [-0.25, -0.2) is 0 Å². The van der Waals surface area contributed by atoms with Crippen LogP contribution in [0.1, 0.15) is 258 Å². The molecule has 0 spiro atoms. The average Bonchev–Trinajstić information content (AvgIpc) is 3.26. The molecule has 1 aliphatic heterocycles. The Morgan fingerprint density at radius 3 is 1.33 bits per heavy atom. The Hall–Kier alpha value is -1.07. The zero-order valence-corrected chi connectivity index (χ0v) is 39.9. The third kappa shape index (κ3) is 33.1. The van der Waals surface area contributed by atoms with Gasteiger partial charge < -0.3 is 40.3 Å². The number of hydrogen-bond acceptors (Lipinski definition) is 8. The molecule has 362 valence electrons. The molecule has 0 radical (unpaired) electrons. The van der Waals surface area contributed by atoms with Gasteiger partial charge in [0, 0.05) is 6.42 Å². The van der Waals surface area contributed by atoms with Crippen molar-refractivity contribution in [3.05, 3.63) is 12.2 Å². The molecule has 1 saturated heterocycles. The summed E-state index contributed by atoms with van der Waals surface area (Å²) in [6.45, 7) is 3.86. The first kappa shape index (κ1) is 57.9. The largest absolute Gasteiger partial charge is 0.394 e.